The summed E-state index contributed by atoms with van der Waals surface area (Å²) in [7, 11) is 0. The molecule has 72 valence electrons. The van der Waals surface area contributed by atoms with Crippen LogP contribution in [0, 0.1) is 11.3 Å². The van der Waals surface area contributed by atoms with Crippen molar-refractivity contribution in [3.8, 4) is 6.07 Å². The van der Waals surface area contributed by atoms with E-state index >= 15 is 0 Å². The molecule has 0 unspecified atom stereocenters. The highest BCUT2D eigenvalue weighted by Crippen LogP contribution is 2.22. The highest BCUT2D eigenvalue weighted by Gasteiger charge is 2.20. The number of rotatable bonds is 2. The molecular formula is C8H4F2N2O2. The van der Waals surface area contributed by atoms with Gasteiger partial charge in [0.1, 0.15) is 6.07 Å². The van der Waals surface area contributed by atoms with E-state index in [0.29, 0.717) is 0 Å². The third kappa shape index (κ3) is 1.52. The number of nitrogens with one attached hydrogen (secondary N) is 1. The molecule has 0 spiro atoms. The van der Waals surface area contributed by atoms with E-state index < -0.39 is 28.7 Å². The molecule has 1 N–H and O–H groups in total. The standard InChI is InChI=1S/C8H4F2N2O2/c9-7(10)6-4(1-11)2-12-8(14)5(6)3-13/h2-3,7H,(H,12,14). The van der Waals surface area contributed by atoms with Gasteiger partial charge in [0.15, 0.2) is 6.29 Å². The molecule has 0 amide bonds. The van der Waals surface area contributed by atoms with Gasteiger partial charge in [-0.05, 0) is 0 Å². The molecule has 1 aromatic heterocycles. The first kappa shape index (κ1) is 10.1. The van der Waals surface area contributed by atoms with Crippen molar-refractivity contribution in [2.75, 3.05) is 0 Å². The lowest BCUT2D eigenvalue weighted by Gasteiger charge is -2.03. The maximum atomic E-state index is 12.4. The summed E-state index contributed by atoms with van der Waals surface area (Å²) in [5.41, 5.74) is -2.83. The average Bonchev–Trinajstić information content (AvgIpc) is 2.17. The molecule has 6 heteroatoms. The van der Waals surface area contributed by atoms with Gasteiger partial charge in [-0.1, -0.05) is 0 Å². The molecule has 1 heterocycles. The number of carbonyl (C=O) groups is 1. The molecule has 0 atom stereocenters. The van der Waals surface area contributed by atoms with Crippen LogP contribution in [0.5, 0.6) is 0 Å². The van der Waals surface area contributed by atoms with Crippen molar-refractivity contribution in [3.63, 3.8) is 0 Å². The summed E-state index contributed by atoms with van der Waals surface area (Å²) in [5.74, 6) is 0. The van der Waals surface area contributed by atoms with Crippen LogP contribution in [-0.2, 0) is 0 Å². The van der Waals surface area contributed by atoms with Gasteiger partial charge < -0.3 is 4.98 Å². The number of hydrogen-bond acceptors (Lipinski definition) is 3. The van der Waals surface area contributed by atoms with E-state index in [0.717, 1.165) is 6.20 Å². The number of alkyl halides is 2. The quantitative estimate of drug-likeness (QED) is 0.720. The fraction of sp³-hybridized carbons (Fsp3) is 0.125. The monoisotopic (exact) mass is 198 g/mol. The summed E-state index contributed by atoms with van der Waals surface area (Å²) in [6.45, 7) is 0. The van der Waals surface area contributed by atoms with Crippen LogP contribution in [0.2, 0.25) is 0 Å². The maximum Gasteiger partial charge on any atom is 0.266 e. The van der Waals surface area contributed by atoms with Gasteiger partial charge in [0.05, 0.1) is 16.7 Å². The second-order valence-electron chi connectivity index (χ2n) is 2.39. The predicted octanol–water partition coefficient (Wildman–Crippen LogP) is 0.997. The zero-order valence-electron chi connectivity index (χ0n) is 6.75. The number of pyridine rings is 1. The molecule has 0 aliphatic rings. The lowest BCUT2D eigenvalue weighted by atomic mass is 10.1. The second-order valence-corrected chi connectivity index (χ2v) is 2.39. The first-order valence-electron chi connectivity index (χ1n) is 3.50. The Morgan fingerprint density at radius 3 is 2.64 bits per heavy atom. The molecule has 0 aromatic carbocycles. The highest BCUT2D eigenvalue weighted by molar-refractivity contribution is 5.78. The summed E-state index contributed by atoms with van der Waals surface area (Å²) >= 11 is 0. The SMILES string of the molecule is N#Cc1c[nH]c(=O)c(C=O)c1C(F)F. The highest BCUT2D eigenvalue weighted by atomic mass is 19.3. The zero-order valence-corrected chi connectivity index (χ0v) is 6.75. The van der Waals surface area contributed by atoms with Crippen LogP contribution in [0.25, 0.3) is 0 Å². The van der Waals surface area contributed by atoms with Crippen molar-refractivity contribution in [2.24, 2.45) is 0 Å². The van der Waals surface area contributed by atoms with Crippen LogP contribution < -0.4 is 5.56 Å². The number of hydrogen-bond donors (Lipinski definition) is 1. The molecule has 0 saturated heterocycles. The Labute approximate surface area is 76.8 Å². The molecule has 0 fully saturated rings. The van der Waals surface area contributed by atoms with Crippen molar-refractivity contribution in [2.45, 2.75) is 6.43 Å². The van der Waals surface area contributed by atoms with E-state index in [1.165, 1.54) is 6.07 Å². The van der Waals surface area contributed by atoms with E-state index in [4.69, 9.17) is 5.26 Å². The topological polar surface area (TPSA) is 73.7 Å². The minimum absolute atomic E-state index is 0.0150. The van der Waals surface area contributed by atoms with Crippen LogP contribution in [0.4, 0.5) is 8.78 Å². The number of halogens is 2. The fourth-order valence-corrected chi connectivity index (χ4v) is 1.01. The first-order valence-corrected chi connectivity index (χ1v) is 3.50. The summed E-state index contributed by atoms with van der Waals surface area (Å²) in [4.78, 5) is 23.3. The Bertz CT molecular complexity index is 459. The number of aromatic nitrogens is 1. The Morgan fingerprint density at radius 1 is 1.57 bits per heavy atom. The summed E-state index contributed by atoms with van der Waals surface area (Å²) < 4.78 is 24.8. The lowest BCUT2D eigenvalue weighted by Crippen LogP contribution is -2.16. The van der Waals surface area contributed by atoms with Gasteiger partial charge in [-0.15, -0.1) is 0 Å². The van der Waals surface area contributed by atoms with E-state index in [-0.39, 0.29) is 6.29 Å². The van der Waals surface area contributed by atoms with Crippen molar-refractivity contribution in [1.29, 1.82) is 5.26 Å². The zero-order chi connectivity index (χ0) is 10.7. The van der Waals surface area contributed by atoms with Crippen molar-refractivity contribution < 1.29 is 13.6 Å². The normalized spacial score (nSPS) is 9.86. The molecule has 1 rings (SSSR count). The van der Waals surface area contributed by atoms with Crippen molar-refractivity contribution in [1.82, 2.24) is 4.98 Å². The van der Waals surface area contributed by atoms with Crippen LogP contribution >= 0.6 is 0 Å². The van der Waals surface area contributed by atoms with Crippen LogP contribution in [0.1, 0.15) is 27.9 Å². The van der Waals surface area contributed by atoms with E-state index in [2.05, 4.69) is 0 Å². The third-order valence-corrected chi connectivity index (χ3v) is 1.63. The van der Waals surface area contributed by atoms with Gasteiger partial charge in [-0.25, -0.2) is 8.78 Å². The molecule has 1 aromatic rings. The third-order valence-electron chi connectivity index (χ3n) is 1.63. The molecule has 0 saturated carbocycles. The van der Waals surface area contributed by atoms with Gasteiger partial charge in [-0.3, -0.25) is 9.59 Å². The molecule has 0 aliphatic heterocycles. The number of carbonyl (C=O) groups excluding carboxylic acids is 1. The van der Waals surface area contributed by atoms with Crippen molar-refractivity contribution >= 4 is 6.29 Å². The van der Waals surface area contributed by atoms with Gasteiger partial charge >= 0.3 is 0 Å². The average molecular weight is 198 g/mol. The smallest absolute Gasteiger partial charge is 0.266 e. The van der Waals surface area contributed by atoms with E-state index in [9.17, 15) is 18.4 Å². The van der Waals surface area contributed by atoms with Crippen LogP contribution in [-0.4, -0.2) is 11.3 Å². The minimum Gasteiger partial charge on any atom is -0.327 e. The molecule has 4 nitrogen and oxygen atoms in total. The Hall–Kier alpha value is -2.03. The van der Waals surface area contributed by atoms with E-state index in [1.54, 1.807) is 0 Å². The lowest BCUT2D eigenvalue weighted by molar-refractivity contribution is 0.110. The van der Waals surface area contributed by atoms with Crippen molar-refractivity contribution in [3.05, 3.63) is 33.2 Å². The fourth-order valence-electron chi connectivity index (χ4n) is 1.01. The maximum absolute atomic E-state index is 12.4. The largest absolute Gasteiger partial charge is 0.327 e. The number of H-pyrrole nitrogens is 1. The molecule has 0 radical (unpaired) electrons. The number of aldehydes is 1. The van der Waals surface area contributed by atoms with Crippen LogP contribution in [0.3, 0.4) is 0 Å². The van der Waals surface area contributed by atoms with Gasteiger partial charge in [-0.2, -0.15) is 5.26 Å². The molecule has 0 aliphatic carbocycles. The number of aromatic amines is 1. The molecule has 0 bridgehead atoms. The number of nitriles is 1. The van der Waals surface area contributed by atoms with Crippen LogP contribution in [0.15, 0.2) is 11.0 Å². The summed E-state index contributed by atoms with van der Waals surface area (Å²) in [5, 5.41) is 8.46. The summed E-state index contributed by atoms with van der Waals surface area (Å²) in [6.07, 6.45) is -2.15. The minimum atomic E-state index is -3.02. The molecular weight excluding hydrogens is 194 g/mol. The van der Waals surface area contributed by atoms with Gasteiger partial charge in [0, 0.05) is 6.20 Å². The number of nitrogens with zero attached hydrogens (tertiary/aromatic N) is 1. The van der Waals surface area contributed by atoms with E-state index in [1.807, 2.05) is 4.98 Å². The summed E-state index contributed by atoms with van der Waals surface area (Å²) in [6, 6.07) is 1.47. The van der Waals surface area contributed by atoms with Gasteiger partial charge in [0.2, 0.25) is 0 Å². The predicted molar refractivity (Wildman–Crippen MR) is 42.1 cm³/mol. The Balaban J connectivity index is 3.62. The first-order chi connectivity index (χ1) is 6.61. The Kier molecular flexibility index (Phi) is 2.72. The second kappa shape index (κ2) is 3.79. The van der Waals surface area contributed by atoms with Gasteiger partial charge in [0.25, 0.3) is 12.0 Å². The molecule has 14 heavy (non-hydrogen) atoms. The Morgan fingerprint density at radius 2 is 2.21 bits per heavy atom.